The number of likely N-dealkylation sites (N-methyl/N-ethyl adjacent to an activating group) is 1. The summed E-state index contributed by atoms with van der Waals surface area (Å²) >= 11 is 0. The highest BCUT2D eigenvalue weighted by molar-refractivity contribution is 5.94. The Morgan fingerprint density at radius 1 is 1.05 bits per heavy atom. The average Bonchev–Trinajstić information content (AvgIpc) is 2.93. The summed E-state index contributed by atoms with van der Waals surface area (Å²) in [4.78, 5) is 56.1. The summed E-state index contributed by atoms with van der Waals surface area (Å²) in [7, 11) is 1.68. The molecule has 1 saturated heterocycles. The molecule has 1 heterocycles. The summed E-state index contributed by atoms with van der Waals surface area (Å²) in [6.45, 7) is 10.1. The van der Waals surface area contributed by atoms with Crippen molar-refractivity contribution in [3.63, 3.8) is 0 Å². The maximum atomic E-state index is 13.9. The Bertz CT molecular complexity index is 1030. The predicted molar refractivity (Wildman–Crippen MR) is 149 cm³/mol. The van der Waals surface area contributed by atoms with E-state index in [1.54, 1.807) is 14.0 Å². The van der Waals surface area contributed by atoms with Crippen molar-refractivity contribution in [3.8, 4) is 0 Å². The first-order chi connectivity index (χ1) is 18.5. The van der Waals surface area contributed by atoms with Crippen molar-refractivity contribution >= 4 is 23.8 Å². The number of fused-ring (bicyclic) bond motifs is 1. The number of aryl methyl sites for hydroxylation is 1. The van der Waals surface area contributed by atoms with Crippen molar-refractivity contribution in [2.45, 2.75) is 78.0 Å². The highest BCUT2D eigenvalue weighted by atomic mass is 16.6. The van der Waals surface area contributed by atoms with Crippen LogP contribution in [0, 0.1) is 11.8 Å². The topological polar surface area (TPSA) is 120 Å². The van der Waals surface area contributed by atoms with Crippen LogP contribution < -0.4 is 16.0 Å². The van der Waals surface area contributed by atoms with Gasteiger partial charge in [0.1, 0.15) is 12.1 Å². The smallest absolute Gasteiger partial charge is 0.409 e. The molecule has 3 N–H and O–H groups in total. The lowest BCUT2D eigenvalue weighted by molar-refractivity contribution is -0.147. The van der Waals surface area contributed by atoms with Crippen molar-refractivity contribution in [3.05, 3.63) is 35.4 Å². The van der Waals surface area contributed by atoms with E-state index in [1.807, 2.05) is 45.9 Å². The lowest BCUT2D eigenvalue weighted by atomic mass is 9.87. The maximum Gasteiger partial charge on any atom is 0.409 e. The van der Waals surface area contributed by atoms with Gasteiger partial charge in [0.25, 0.3) is 0 Å². The fourth-order valence-corrected chi connectivity index (χ4v) is 5.04. The molecule has 0 bridgehead atoms. The molecule has 3 rings (SSSR count). The molecular formula is C29H45N5O5. The average molecular weight is 544 g/mol. The summed E-state index contributed by atoms with van der Waals surface area (Å²) in [5.41, 5.74) is 2.30. The van der Waals surface area contributed by atoms with Crippen LogP contribution in [0.4, 0.5) is 4.79 Å². The molecule has 10 heteroatoms. The van der Waals surface area contributed by atoms with Crippen LogP contribution in [0.5, 0.6) is 0 Å². The number of carbonyl (C=O) groups is 4. The number of hydrogen-bond acceptors (Lipinski definition) is 6. The molecule has 4 atom stereocenters. The van der Waals surface area contributed by atoms with E-state index in [9.17, 15) is 19.2 Å². The third-order valence-corrected chi connectivity index (χ3v) is 7.51. The Labute approximate surface area is 232 Å². The van der Waals surface area contributed by atoms with Crippen LogP contribution >= 0.6 is 0 Å². The third kappa shape index (κ3) is 7.71. The first kappa shape index (κ1) is 30.4. The molecule has 1 fully saturated rings. The molecule has 0 aromatic heterocycles. The van der Waals surface area contributed by atoms with E-state index < -0.39 is 24.2 Å². The van der Waals surface area contributed by atoms with Gasteiger partial charge in [-0.15, -0.1) is 0 Å². The normalized spacial score (nSPS) is 20.7. The summed E-state index contributed by atoms with van der Waals surface area (Å²) in [5, 5.41) is 8.91. The number of benzene rings is 1. The van der Waals surface area contributed by atoms with E-state index in [0.29, 0.717) is 0 Å². The second-order valence-corrected chi connectivity index (χ2v) is 11.4. The second-order valence-electron chi connectivity index (χ2n) is 11.4. The predicted octanol–water partition coefficient (Wildman–Crippen LogP) is 2.23. The number of carbonyl (C=O) groups excluding carboxylic acids is 4. The van der Waals surface area contributed by atoms with Gasteiger partial charge in [0.05, 0.1) is 25.2 Å². The third-order valence-electron chi connectivity index (χ3n) is 7.51. The van der Waals surface area contributed by atoms with Crippen LogP contribution in [-0.4, -0.2) is 85.0 Å². The van der Waals surface area contributed by atoms with Gasteiger partial charge in [0.15, 0.2) is 0 Å². The van der Waals surface area contributed by atoms with E-state index in [4.69, 9.17) is 4.74 Å². The zero-order chi connectivity index (χ0) is 28.7. The molecule has 0 radical (unpaired) electrons. The van der Waals surface area contributed by atoms with Gasteiger partial charge in [0, 0.05) is 13.1 Å². The van der Waals surface area contributed by atoms with Crippen LogP contribution in [0.1, 0.15) is 64.6 Å². The Balaban J connectivity index is 1.84. The Hall–Kier alpha value is -3.14. The maximum absolute atomic E-state index is 13.9. The lowest BCUT2D eigenvalue weighted by Gasteiger charge is -2.42. The molecule has 0 spiro atoms. The fourth-order valence-electron chi connectivity index (χ4n) is 5.04. The molecule has 10 nitrogen and oxygen atoms in total. The Morgan fingerprint density at radius 2 is 1.77 bits per heavy atom. The van der Waals surface area contributed by atoms with Gasteiger partial charge in [-0.2, -0.15) is 0 Å². The lowest BCUT2D eigenvalue weighted by Crippen LogP contribution is -2.65. The van der Waals surface area contributed by atoms with Gasteiger partial charge in [-0.25, -0.2) is 4.79 Å². The molecule has 1 aliphatic heterocycles. The van der Waals surface area contributed by atoms with Gasteiger partial charge >= 0.3 is 6.09 Å². The van der Waals surface area contributed by atoms with Crippen LogP contribution in [-0.2, 0) is 25.5 Å². The van der Waals surface area contributed by atoms with Gasteiger partial charge in [-0.1, -0.05) is 52.0 Å². The van der Waals surface area contributed by atoms with Crippen LogP contribution in [0.2, 0.25) is 0 Å². The van der Waals surface area contributed by atoms with Gasteiger partial charge in [-0.05, 0) is 56.2 Å². The van der Waals surface area contributed by atoms with E-state index in [1.165, 1.54) is 15.4 Å². The summed E-state index contributed by atoms with van der Waals surface area (Å²) in [6.07, 6.45) is 2.23. The van der Waals surface area contributed by atoms with Crippen LogP contribution in [0.3, 0.4) is 0 Å². The number of piperazine rings is 1. The first-order valence-electron chi connectivity index (χ1n) is 14.1. The van der Waals surface area contributed by atoms with Gasteiger partial charge in [0.2, 0.25) is 17.7 Å². The van der Waals surface area contributed by atoms with Crippen molar-refractivity contribution < 1.29 is 23.9 Å². The van der Waals surface area contributed by atoms with Crippen LogP contribution in [0.25, 0.3) is 0 Å². The summed E-state index contributed by atoms with van der Waals surface area (Å²) in [5.74, 6) is -0.962. The summed E-state index contributed by atoms with van der Waals surface area (Å²) in [6, 6.07) is 5.72. The largest absolute Gasteiger partial charge is 0.449 e. The molecule has 2 aliphatic rings. The molecule has 1 aromatic rings. The van der Waals surface area contributed by atoms with Crippen molar-refractivity contribution in [1.29, 1.82) is 0 Å². The molecule has 1 aromatic carbocycles. The minimum Gasteiger partial charge on any atom is -0.449 e. The molecule has 4 amide bonds. The standard InChI is InChI=1S/C29H45N5O5/c1-18(2)17-39-29(38)33-14-15-34(28(37)25(19(3)4)32-26(35)20(5)30-6)24(16-33)27(36)31-23-13-9-11-21-10-7-8-12-22(21)23/h7-8,10,12,18-20,23-25,30H,9,11,13-17H2,1-6H3,(H,31,36)(H,32,35)/t20-,23?,24-,25-/m0/s1. The van der Waals surface area contributed by atoms with Crippen LogP contribution in [0.15, 0.2) is 24.3 Å². The van der Waals surface area contributed by atoms with E-state index in [-0.39, 0.29) is 61.8 Å². The second kappa shape index (κ2) is 13.8. The van der Waals surface area contributed by atoms with Crippen molar-refractivity contribution in [1.82, 2.24) is 25.8 Å². The van der Waals surface area contributed by atoms with Gasteiger partial charge in [-0.3, -0.25) is 14.4 Å². The highest BCUT2D eigenvalue weighted by Crippen LogP contribution is 2.30. The molecule has 1 unspecified atom stereocenters. The molecule has 216 valence electrons. The fraction of sp³-hybridized carbons (Fsp3) is 0.655. The van der Waals surface area contributed by atoms with E-state index in [2.05, 4.69) is 22.0 Å². The van der Waals surface area contributed by atoms with Gasteiger partial charge < -0.3 is 30.5 Å². The minimum absolute atomic E-state index is 0.0224. The number of ether oxygens (including phenoxy) is 1. The van der Waals surface area contributed by atoms with E-state index >= 15 is 0 Å². The van der Waals surface area contributed by atoms with Crippen molar-refractivity contribution in [2.75, 3.05) is 33.3 Å². The number of nitrogens with zero attached hydrogens (tertiary/aromatic N) is 2. The Morgan fingerprint density at radius 3 is 2.44 bits per heavy atom. The first-order valence-corrected chi connectivity index (χ1v) is 14.1. The van der Waals surface area contributed by atoms with Crippen molar-refractivity contribution in [2.24, 2.45) is 11.8 Å². The molecule has 1 aliphatic carbocycles. The monoisotopic (exact) mass is 543 g/mol. The highest BCUT2D eigenvalue weighted by Gasteiger charge is 2.41. The number of amides is 4. The zero-order valence-electron chi connectivity index (χ0n) is 24.2. The quantitative estimate of drug-likeness (QED) is 0.440. The number of hydrogen-bond donors (Lipinski definition) is 3. The minimum atomic E-state index is -0.910. The molecule has 39 heavy (non-hydrogen) atoms. The van der Waals surface area contributed by atoms with E-state index in [0.717, 1.165) is 24.8 Å². The Kier molecular flexibility index (Phi) is 10.7. The zero-order valence-corrected chi connectivity index (χ0v) is 24.2. The molecule has 0 saturated carbocycles. The summed E-state index contributed by atoms with van der Waals surface area (Å²) < 4.78 is 5.43. The number of rotatable bonds is 9. The number of nitrogens with one attached hydrogen (secondary N) is 3. The molecular weight excluding hydrogens is 498 g/mol. The SMILES string of the molecule is CN[C@@H](C)C(=O)N[C@H](C(=O)N1CCN(C(=O)OCC(C)C)C[C@H]1C(=O)NC1CCCc2ccccc21)C(C)C.